The summed E-state index contributed by atoms with van der Waals surface area (Å²) < 4.78 is 29.2. The van der Waals surface area contributed by atoms with Crippen LogP contribution in [0.25, 0.3) is 0 Å². The molecule has 1 saturated heterocycles. The lowest BCUT2D eigenvalue weighted by molar-refractivity contribution is -0.0553. The van der Waals surface area contributed by atoms with Crippen LogP contribution in [0, 0.1) is 0 Å². The molecule has 0 bridgehead atoms. The molecule has 4 nitrogen and oxygen atoms in total. The third-order valence-corrected chi connectivity index (χ3v) is 4.50. The smallest absolute Gasteiger partial charge is 0.177 e. The predicted molar refractivity (Wildman–Crippen MR) is 76.2 cm³/mol. The normalized spacial score (nSPS) is 23.0. The summed E-state index contributed by atoms with van der Waals surface area (Å²) in [5.74, 6) is 0. The Morgan fingerprint density at radius 3 is 2.63 bits per heavy atom. The van der Waals surface area contributed by atoms with Crippen molar-refractivity contribution in [2.45, 2.75) is 43.2 Å². The summed E-state index contributed by atoms with van der Waals surface area (Å²) >= 11 is 0. The van der Waals surface area contributed by atoms with E-state index in [1.807, 2.05) is 12.1 Å². The number of benzene rings is 1. The van der Waals surface area contributed by atoms with Crippen molar-refractivity contribution >= 4 is 15.5 Å². The summed E-state index contributed by atoms with van der Waals surface area (Å²) in [6.45, 7) is 4.82. The maximum absolute atomic E-state index is 11.8. The van der Waals surface area contributed by atoms with E-state index in [2.05, 4.69) is 19.2 Å². The molecular formula is C14H21NO3S. The minimum Gasteiger partial charge on any atom is -0.381 e. The van der Waals surface area contributed by atoms with Gasteiger partial charge >= 0.3 is 0 Å². The first-order chi connectivity index (χ1) is 8.78. The summed E-state index contributed by atoms with van der Waals surface area (Å²) in [5, 5.41) is 3.35. The van der Waals surface area contributed by atoms with E-state index in [9.17, 15) is 8.42 Å². The van der Waals surface area contributed by atoms with Crippen molar-refractivity contribution in [3.05, 3.63) is 24.3 Å². The van der Waals surface area contributed by atoms with Crippen LogP contribution in [0.3, 0.4) is 0 Å². The molecule has 1 atom stereocenters. The highest BCUT2D eigenvalue weighted by Gasteiger charge is 2.29. The highest BCUT2D eigenvalue weighted by Crippen LogP contribution is 2.28. The van der Waals surface area contributed by atoms with Gasteiger partial charge in [-0.25, -0.2) is 8.42 Å². The van der Waals surface area contributed by atoms with Crippen molar-refractivity contribution in [2.75, 3.05) is 18.2 Å². The summed E-state index contributed by atoms with van der Waals surface area (Å²) in [7, 11) is -3.21. The van der Waals surface area contributed by atoms with Crippen LogP contribution in [0.1, 0.15) is 26.7 Å². The molecule has 1 fully saturated rings. The van der Waals surface area contributed by atoms with Gasteiger partial charge in [0.1, 0.15) is 0 Å². The molecule has 1 aliphatic rings. The van der Waals surface area contributed by atoms with Crippen LogP contribution in [0.4, 0.5) is 5.69 Å². The molecule has 1 aromatic carbocycles. The molecule has 1 N–H and O–H groups in total. The Labute approximate surface area is 115 Å². The second kappa shape index (κ2) is 5.13. The number of nitrogens with one attached hydrogen (secondary N) is 1. The summed E-state index contributed by atoms with van der Waals surface area (Å²) in [6, 6.07) is 7.30. The fourth-order valence-electron chi connectivity index (χ4n) is 2.48. The second-order valence-electron chi connectivity index (χ2n) is 5.71. The van der Waals surface area contributed by atoms with Gasteiger partial charge in [-0.1, -0.05) is 12.1 Å². The zero-order chi connectivity index (χ0) is 14.1. The molecule has 0 spiro atoms. The fourth-order valence-corrected chi connectivity index (χ4v) is 3.34. The Bertz CT molecular complexity index is 552. The van der Waals surface area contributed by atoms with E-state index in [0.29, 0.717) is 17.2 Å². The van der Waals surface area contributed by atoms with E-state index in [-0.39, 0.29) is 11.6 Å². The molecule has 5 heteroatoms. The van der Waals surface area contributed by atoms with Crippen molar-refractivity contribution in [3.63, 3.8) is 0 Å². The van der Waals surface area contributed by atoms with Gasteiger partial charge in [-0.15, -0.1) is 0 Å². The SMILES string of the molecule is CC1(C)CC(Nc2ccccc2S(C)(=O)=O)CCO1. The van der Waals surface area contributed by atoms with E-state index in [0.717, 1.165) is 12.8 Å². The topological polar surface area (TPSA) is 55.4 Å². The van der Waals surface area contributed by atoms with Gasteiger partial charge in [-0.3, -0.25) is 0 Å². The second-order valence-corrected chi connectivity index (χ2v) is 7.69. The van der Waals surface area contributed by atoms with E-state index in [1.165, 1.54) is 6.26 Å². The van der Waals surface area contributed by atoms with Crippen LogP contribution in [0.5, 0.6) is 0 Å². The lowest BCUT2D eigenvalue weighted by Crippen LogP contribution is -2.40. The molecule has 0 aromatic heterocycles. The van der Waals surface area contributed by atoms with Gasteiger partial charge in [0.15, 0.2) is 9.84 Å². The summed E-state index contributed by atoms with van der Waals surface area (Å²) in [4.78, 5) is 0.360. The molecule has 1 aromatic rings. The van der Waals surface area contributed by atoms with Crippen LogP contribution in [-0.4, -0.2) is 32.9 Å². The van der Waals surface area contributed by atoms with Gasteiger partial charge in [0.05, 0.1) is 16.2 Å². The minimum absolute atomic E-state index is 0.157. The molecule has 1 unspecified atom stereocenters. The standard InChI is InChI=1S/C14H21NO3S/c1-14(2)10-11(8-9-18-14)15-12-6-4-5-7-13(12)19(3,16)17/h4-7,11,15H,8-10H2,1-3H3. The van der Waals surface area contributed by atoms with Crippen LogP contribution in [0.2, 0.25) is 0 Å². The average Bonchev–Trinajstić information content (AvgIpc) is 2.26. The number of para-hydroxylation sites is 1. The summed E-state index contributed by atoms with van der Waals surface area (Å²) in [5.41, 5.74) is 0.531. The lowest BCUT2D eigenvalue weighted by Gasteiger charge is -2.36. The first kappa shape index (κ1) is 14.3. The predicted octanol–water partition coefficient (Wildman–Crippen LogP) is 2.46. The maximum atomic E-state index is 11.8. The number of rotatable bonds is 3. The monoisotopic (exact) mass is 283 g/mol. The van der Waals surface area contributed by atoms with E-state index in [4.69, 9.17) is 4.74 Å². The first-order valence-corrected chi connectivity index (χ1v) is 8.37. The third kappa shape index (κ3) is 3.70. The molecule has 0 saturated carbocycles. The van der Waals surface area contributed by atoms with Gasteiger partial charge in [0, 0.05) is 18.9 Å². The molecule has 19 heavy (non-hydrogen) atoms. The zero-order valence-corrected chi connectivity index (χ0v) is 12.5. The lowest BCUT2D eigenvalue weighted by atomic mass is 9.94. The van der Waals surface area contributed by atoms with E-state index in [1.54, 1.807) is 12.1 Å². The van der Waals surface area contributed by atoms with E-state index < -0.39 is 9.84 Å². The van der Waals surface area contributed by atoms with Crippen LogP contribution in [-0.2, 0) is 14.6 Å². The van der Waals surface area contributed by atoms with Gasteiger partial charge < -0.3 is 10.1 Å². The Balaban J connectivity index is 2.20. The number of ether oxygens (including phenoxy) is 1. The number of anilines is 1. The molecule has 1 heterocycles. The van der Waals surface area contributed by atoms with Crippen molar-refractivity contribution in [1.82, 2.24) is 0 Å². The molecule has 0 radical (unpaired) electrons. The first-order valence-electron chi connectivity index (χ1n) is 6.47. The maximum Gasteiger partial charge on any atom is 0.177 e. The molecule has 2 rings (SSSR count). The number of hydrogen-bond donors (Lipinski definition) is 1. The Morgan fingerprint density at radius 1 is 1.32 bits per heavy atom. The van der Waals surface area contributed by atoms with Crippen LogP contribution in [0.15, 0.2) is 29.2 Å². The summed E-state index contributed by atoms with van der Waals surface area (Å²) in [6.07, 6.45) is 2.99. The molecule has 0 amide bonds. The van der Waals surface area contributed by atoms with Crippen molar-refractivity contribution < 1.29 is 13.2 Å². The fraction of sp³-hybridized carbons (Fsp3) is 0.571. The molecule has 0 aliphatic carbocycles. The molecule has 1 aliphatic heterocycles. The third-order valence-electron chi connectivity index (χ3n) is 3.34. The van der Waals surface area contributed by atoms with Gasteiger partial charge in [-0.2, -0.15) is 0 Å². The van der Waals surface area contributed by atoms with Gasteiger partial charge in [-0.05, 0) is 38.8 Å². The Hall–Kier alpha value is -1.07. The number of hydrogen-bond acceptors (Lipinski definition) is 4. The van der Waals surface area contributed by atoms with Crippen LogP contribution < -0.4 is 5.32 Å². The van der Waals surface area contributed by atoms with Gasteiger partial charge in [0.25, 0.3) is 0 Å². The van der Waals surface area contributed by atoms with Gasteiger partial charge in [0.2, 0.25) is 0 Å². The Morgan fingerprint density at radius 2 is 2.00 bits per heavy atom. The van der Waals surface area contributed by atoms with Crippen molar-refractivity contribution in [2.24, 2.45) is 0 Å². The minimum atomic E-state index is -3.21. The highest BCUT2D eigenvalue weighted by molar-refractivity contribution is 7.90. The van der Waals surface area contributed by atoms with E-state index >= 15 is 0 Å². The molecular weight excluding hydrogens is 262 g/mol. The Kier molecular flexibility index (Phi) is 3.87. The highest BCUT2D eigenvalue weighted by atomic mass is 32.2. The van der Waals surface area contributed by atoms with Crippen molar-refractivity contribution in [3.8, 4) is 0 Å². The molecule has 106 valence electrons. The quantitative estimate of drug-likeness (QED) is 0.926. The number of sulfone groups is 1. The largest absolute Gasteiger partial charge is 0.381 e. The average molecular weight is 283 g/mol. The van der Waals surface area contributed by atoms with Crippen LogP contribution >= 0.6 is 0 Å². The zero-order valence-electron chi connectivity index (χ0n) is 11.6. The van der Waals surface area contributed by atoms with Crippen molar-refractivity contribution in [1.29, 1.82) is 0 Å².